The molecule has 2 rings (SSSR count). The first-order valence-electron chi connectivity index (χ1n) is 4.97. The van der Waals surface area contributed by atoms with Gasteiger partial charge in [-0.25, -0.2) is 0 Å². The lowest BCUT2D eigenvalue weighted by Gasteiger charge is -2.39. The van der Waals surface area contributed by atoms with E-state index in [0.29, 0.717) is 12.1 Å². The van der Waals surface area contributed by atoms with Crippen LogP contribution in [-0.2, 0) is 9.47 Å². The number of ether oxygens (including phenoxy) is 2. The summed E-state index contributed by atoms with van der Waals surface area (Å²) < 4.78 is 10.9. The Morgan fingerprint density at radius 3 is 2.77 bits per heavy atom. The zero-order valence-corrected chi connectivity index (χ0v) is 8.16. The van der Waals surface area contributed by atoms with Gasteiger partial charge in [-0.2, -0.15) is 0 Å². The third-order valence-corrected chi connectivity index (χ3v) is 2.86. The van der Waals surface area contributed by atoms with Crippen LogP contribution >= 0.6 is 0 Å². The Balaban J connectivity index is 1.88. The van der Waals surface area contributed by atoms with Crippen LogP contribution in [0.1, 0.15) is 0 Å². The van der Waals surface area contributed by atoms with E-state index in [-0.39, 0.29) is 0 Å². The Kier molecular flexibility index (Phi) is 3.16. The average Bonchev–Trinajstić information content (AvgIpc) is 2.20. The Morgan fingerprint density at radius 2 is 2.08 bits per heavy atom. The van der Waals surface area contributed by atoms with Crippen molar-refractivity contribution in [1.82, 2.24) is 10.2 Å². The van der Waals surface area contributed by atoms with Gasteiger partial charge < -0.3 is 14.8 Å². The molecule has 0 aromatic carbocycles. The van der Waals surface area contributed by atoms with Crippen LogP contribution in [-0.4, -0.2) is 63.5 Å². The molecule has 1 N–H and O–H groups in total. The second-order valence-electron chi connectivity index (χ2n) is 3.76. The standard InChI is InChI=1S/C9H18N2O2/c1-11-3-5-13-7-9(11)8-6-12-4-2-10-8/h8-10H,2-7H2,1H3/t8-,9-/m1/s1. The van der Waals surface area contributed by atoms with Crippen molar-refractivity contribution in [1.29, 1.82) is 0 Å². The van der Waals surface area contributed by atoms with Crippen molar-refractivity contribution in [3.63, 3.8) is 0 Å². The lowest BCUT2D eigenvalue weighted by Crippen LogP contribution is -2.58. The summed E-state index contributed by atoms with van der Waals surface area (Å²) in [6, 6.07) is 0.924. The van der Waals surface area contributed by atoms with Gasteiger partial charge in [-0.1, -0.05) is 0 Å². The van der Waals surface area contributed by atoms with E-state index in [1.54, 1.807) is 0 Å². The van der Waals surface area contributed by atoms with Gasteiger partial charge >= 0.3 is 0 Å². The first-order chi connectivity index (χ1) is 6.38. The quantitative estimate of drug-likeness (QED) is 0.587. The maximum atomic E-state index is 5.47. The van der Waals surface area contributed by atoms with Crippen molar-refractivity contribution >= 4 is 0 Å². The summed E-state index contributed by atoms with van der Waals surface area (Å²) in [6.07, 6.45) is 0. The van der Waals surface area contributed by atoms with Crippen molar-refractivity contribution in [2.24, 2.45) is 0 Å². The molecule has 0 spiro atoms. The van der Waals surface area contributed by atoms with E-state index in [0.717, 1.165) is 39.5 Å². The van der Waals surface area contributed by atoms with E-state index in [2.05, 4.69) is 17.3 Å². The van der Waals surface area contributed by atoms with E-state index in [4.69, 9.17) is 9.47 Å². The molecule has 0 radical (unpaired) electrons. The smallest absolute Gasteiger partial charge is 0.0638 e. The SMILES string of the molecule is CN1CCOC[C@@H]1[C@H]1COCCN1. The molecule has 13 heavy (non-hydrogen) atoms. The van der Waals surface area contributed by atoms with Crippen LogP contribution in [0.4, 0.5) is 0 Å². The number of morpholine rings is 2. The van der Waals surface area contributed by atoms with Crippen molar-refractivity contribution in [3.05, 3.63) is 0 Å². The normalized spacial score (nSPS) is 37.6. The maximum Gasteiger partial charge on any atom is 0.0638 e. The third-order valence-electron chi connectivity index (χ3n) is 2.86. The van der Waals surface area contributed by atoms with Gasteiger partial charge in [0, 0.05) is 19.1 Å². The molecular formula is C9H18N2O2. The van der Waals surface area contributed by atoms with Crippen LogP contribution in [0.25, 0.3) is 0 Å². The highest BCUT2D eigenvalue weighted by molar-refractivity contribution is 4.86. The second-order valence-corrected chi connectivity index (χ2v) is 3.76. The van der Waals surface area contributed by atoms with E-state index < -0.39 is 0 Å². The van der Waals surface area contributed by atoms with Gasteiger partial charge in [-0.3, -0.25) is 4.90 Å². The Morgan fingerprint density at radius 1 is 1.23 bits per heavy atom. The molecule has 2 atom stereocenters. The van der Waals surface area contributed by atoms with Crippen LogP contribution in [0, 0.1) is 0 Å². The zero-order chi connectivity index (χ0) is 9.10. The Bertz CT molecular complexity index is 160. The number of nitrogens with zero attached hydrogens (tertiary/aromatic N) is 1. The highest BCUT2D eigenvalue weighted by Crippen LogP contribution is 2.10. The molecule has 2 fully saturated rings. The Hall–Kier alpha value is -0.160. The topological polar surface area (TPSA) is 33.7 Å². The first-order valence-corrected chi connectivity index (χ1v) is 4.97. The molecule has 4 heteroatoms. The summed E-state index contributed by atoms with van der Waals surface area (Å²) in [6.45, 7) is 5.35. The van der Waals surface area contributed by atoms with Gasteiger partial charge in [0.2, 0.25) is 0 Å². The van der Waals surface area contributed by atoms with Crippen molar-refractivity contribution in [2.45, 2.75) is 12.1 Å². The fourth-order valence-electron chi connectivity index (χ4n) is 1.96. The van der Waals surface area contributed by atoms with Gasteiger partial charge in [-0.05, 0) is 7.05 Å². The molecule has 4 nitrogen and oxygen atoms in total. The van der Waals surface area contributed by atoms with E-state index in [1.165, 1.54) is 0 Å². The lowest BCUT2D eigenvalue weighted by atomic mass is 10.1. The predicted octanol–water partition coefficient (Wildman–Crippen LogP) is -0.695. The predicted molar refractivity (Wildman–Crippen MR) is 49.8 cm³/mol. The molecule has 2 aliphatic heterocycles. The summed E-state index contributed by atoms with van der Waals surface area (Å²) in [7, 11) is 2.16. The fraction of sp³-hybridized carbons (Fsp3) is 1.00. The monoisotopic (exact) mass is 186 g/mol. The molecule has 76 valence electrons. The van der Waals surface area contributed by atoms with Crippen LogP contribution in [0.3, 0.4) is 0 Å². The summed E-state index contributed by atoms with van der Waals surface area (Å²) in [4.78, 5) is 2.36. The summed E-state index contributed by atoms with van der Waals surface area (Å²) >= 11 is 0. The molecule has 0 saturated carbocycles. The zero-order valence-electron chi connectivity index (χ0n) is 8.16. The minimum atomic E-state index is 0.444. The summed E-state index contributed by atoms with van der Waals surface area (Å²) in [5.41, 5.74) is 0. The molecule has 2 aliphatic rings. The lowest BCUT2D eigenvalue weighted by molar-refractivity contribution is -0.0359. The van der Waals surface area contributed by atoms with Gasteiger partial charge in [0.05, 0.1) is 32.5 Å². The molecule has 0 aromatic rings. The van der Waals surface area contributed by atoms with Crippen molar-refractivity contribution < 1.29 is 9.47 Å². The van der Waals surface area contributed by atoms with E-state index >= 15 is 0 Å². The van der Waals surface area contributed by atoms with Crippen molar-refractivity contribution in [3.8, 4) is 0 Å². The maximum absolute atomic E-state index is 5.47. The number of hydrogen-bond donors (Lipinski definition) is 1. The summed E-state index contributed by atoms with van der Waals surface area (Å²) in [5.74, 6) is 0. The Labute approximate surface area is 79.2 Å². The van der Waals surface area contributed by atoms with Gasteiger partial charge in [0.25, 0.3) is 0 Å². The van der Waals surface area contributed by atoms with Crippen LogP contribution in [0.5, 0.6) is 0 Å². The van der Waals surface area contributed by atoms with Gasteiger partial charge in [0.1, 0.15) is 0 Å². The molecule has 0 aliphatic carbocycles. The largest absolute Gasteiger partial charge is 0.378 e. The van der Waals surface area contributed by atoms with Crippen LogP contribution in [0.2, 0.25) is 0 Å². The minimum Gasteiger partial charge on any atom is -0.378 e. The minimum absolute atomic E-state index is 0.444. The second kappa shape index (κ2) is 4.37. The number of rotatable bonds is 1. The molecule has 0 bridgehead atoms. The van der Waals surface area contributed by atoms with Gasteiger partial charge in [-0.15, -0.1) is 0 Å². The number of hydrogen-bond acceptors (Lipinski definition) is 4. The third kappa shape index (κ3) is 2.20. The van der Waals surface area contributed by atoms with Crippen molar-refractivity contribution in [2.75, 3.05) is 46.6 Å². The summed E-state index contributed by atoms with van der Waals surface area (Å²) in [5, 5.41) is 3.47. The average molecular weight is 186 g/mol. The number of likely N-dealkylation sites (N-methyl/N-ethyl adjacent to an activating group) is 1. The fourth-order valence-corrected chi connectivity index (χ4v) is 1.96. The number of nitrogens with one attached hydrogen (secondary N) is 1. The highest BCUT2D eigenvalue weighted by atomic mass is 16.5. The van der Waals surface area contributed by atoms with E-state index in [1.807, 2.05) is 0 Å². The molecular weight excluding hydrogens is 168 g/mol. The van der Waals surface area contributed by atoms with Gasteiger partial charge in [0.15, 0.2) is 0 Å². The van der Waals surface area contributed by atoms with Crippen LogP contribution in [0.15, 0.2) is 0 Å². The first kappa shape index (κ1) is 9.40. The highest BCUT2D eigenvalue weighted by Gasteiger charge is 2.29. The van der Waals surface area contributed by atoms with E-state index in [9.17, 15) is 0 Å². The molecule has 0 amide bonds. The molecule has 0 aromatic heterocycles. The molecule has 2 heterocycles. The molecule has 2 saturated heterocycles. The van der Waals surface area contributed by atoms with Crippen LogP contribution < -0.4 is 5.32 Å². The molecule has 0 unspecified atom stereocenters.